The summed E-state index contributed by atoms with van der Waals surface area (Å²) in [5.74, 6) is 0.428. The summed E-state index contributed by atoms with van der Waals surface area (Å²) >= 11 is 11.7. The minimum atomic E-state index is 0.0811. The van der Waals surface area contributed by atoms with Crippen LogP contribution in [0.3, 0.4) is 0 Å². The maximum absolute atomic E-state index is 5.84. The number of nitrogens with zero attached hydrogens (tertiary/aromatic N) is 4. The van der Waals surface area contributed by atoms with Gasteiger partial charge in [-0.2, -0.15) is 9.98 Å². The van der Waals surface area contributed by atoms with Crippen LogP contribution in [0.15, 0.2) is 68.5 Å². The van der Waals surface area contributed by atoms with Gasteiger partial charge in [0.05, 0.1) is 0 Å². The van der Waals surface area contributed by atoms with Crippen molar-refractivity contribution in [3.8, 4) is 0 Å². The molecular weight excluding hydrogens is 451 g/mol. The second-order valence-corrected chi connectivity index (χ2v) is 7.32. The van der Waals surface area contributed by atoms with Gasteiger partial charge in [0.15, 0.2) is 0 Å². The molecule has 0 fully saturated rings. The number of hydrogen-bond acceptors (Lipinski definition) is 2. The Morgan fingerprint density at radius 1 is 0.625 bits per heavy atom. The molecule has 0 bridgehead atoms. The molecule has 2 rings (SSSR count). The zero-order valence-corrected chi connectivity index (χ0v) is 18.8. The highest BCUT2D eigenvalue weighted by Crippen LogP contribution is 2.13. The summed E-state index contributed by atoms with van der Waals surface area (Å²) in [6, 6.07) is 14.0. The van der Waals surface area contributed by atoms with Gasteiger partial charge in [-0.25, -0.2) is 0 Å². The summed E-state index contributed by atoms with van der Waals surface area (Å²) in [7, 11) is 0. The Hall–Kier alpha value is -3.50. The van der Waals surface area contributed by atoms with Gasteiger partial charge in [-0.1, -0.05) is 23.2 Å². The third-order valence-corrected chi connectivity index (χ3v) is 4.32. The normalized spacial score (nSPS) is 13.2. The summed E-state index contributed by atoms with van der Waals surface area (Å²) in [4.78, 5) is 16.3. The third kappa shape index (κ3) is 10.0. The van der Waals surface area contributed by atoms with Crippen molar-refractivity contribution in [3.05, 3.63) is 58.6 Å². The SMILES string of the molecule is NC(=NCCCCN=C(N)/N=C(\N)Nc1ccc(Cl)cc1)/N=C(\N)Nc1ccc(Cl)cc1. The molecule has 0 saturated heterocycles. The maximum atomic E-state index is 5.84. The van der Waals surface area contributed by atoms with Gasteiger partial charge in [0.2, 0.25) is 23.8 Å². The van der Waals surface area contributed by atoms with Gasteiger partial charge in [-0.15, -0.1) is 0 Å². The number of benzene rings is 2. The van der Waals surface area contributed by atoms with E-state index in [4.69, 9.17) is 46.1 Å². The second kappa shape index (κ2) is 13.0. The van der Waals surface area contributed by atoms with E-state index in [2.05, 4.69) is 30.6 Å². The Morgan fingerprint density at radius 2 is 0.969 bits per heavy atom. The lowest BCUT2D eigenvalue weighted by molar-refractivity contribution is 0.754. The Bertz CT molecular complexity index is 901. The standard InChI is InChI=1S/C20H26Cl2N10/c21-13-3-7-15(8-4-13)29-19(25)31-17(23)27-11-1-2-12-28-18(24)32-20(26)30-16-9-5-14(22)6-10-16/h3-10H,1-2,11-12H2,(H5,23,25,27,29,31)(H5,24,26,28,30,32). The summed E-state index contributed by atoms with van der Waals surface area (Å²) in [6.07, 6.45) is 1.47. The smallest absolute Gasteiger partial charge is 0.218 e. The first-order valence-corrected chi connectivity index (χ1v) is 10.4. The molecule has 0 aliphatic carbocycles. The highest BCUT2D eigenvalue weighted by molar-refractivity contribution is 6.31. The molecule has 170 valence electrons. The number of unbranched alkanes of at least 4 members (excludes halogenated alkanes) is 1. The number of aliphatic imine (C=N–C) groups is 4. The molecule has 0 aliphatic rings. The molecule has 2 aromatic carbocycles. The number of nitrogens with one attached hydrogen (secondary N) is 2. The van der Waals surface area contributed by atoms with Gasteiger partial charge in [-0.05, 0) is 61.4 Å². The fraction of sp³-hybridized carbons (Fsp3) is 0.200. The Morgan fingerprint density at radius 3 is 1.31 bits per heavy atom. The molecule has 32 heavy (non-hydrogen) atoms. The van der Waals surface area contributed by atoms with Crippen LogP contribution in [-0.4, -0.2) is 36.9 Å². The van der Waals surface area contributed by atoms with Gasteiger partial charge in [0.25, 0.3) is 0 Å². The molecule has 0 unspecified atom stereocenters. The highest BCUT2D eigenvalue weighted by Gasteiger charge is 1.98. The monoisotopic (exact) mass is 476 g/mol. The van der Waals surface area contributed by atoms with Crippen LogP contribution >= 0.6 is 23.2 Å². The number of anilines is 2. The van der Waals surface area contributed by atoms with Gasteiger partial charge in [0, 0.05) is 34.5 Å². The van der Waals surface area contributed by atoms with Gasteiger partial charge < -0.3 is 33.6 Å². The van der Waals surface area contributed by atoms with E-state index in [0.717, 1.165) is 24.2 Å². The van der Waals surface area contributed by atoms with Crippen molar-refractivity contribution in [1.29, 1.82) is 0 Å². The maximum Gasteiger partial charge on any atom is 0.218 e. The van der Waals surface area contributed by atoms with E-state index in [1.807, 2.05) is 0 Å². The first-order valence-electron chi connectivity index (χ1n) is 9.65. The van der Waals surface area contributed by atoms with Crippen molar-refractivity contribution in [2.45, 2.75) is 12.8 Å². The van der Waals surface area contributed by atoms with Crippen molar-refractivity contribution >= 4 is 58.4 Å². The van der Waals surface area contributed by atoms with Crippen molar-refractivity contribution in [1.82, 2.24) is 0 Å². The molecule has 0 radical (unpaired) electrons. The average molecular weight is 477 g/mol. The molecule has 0 aliphatic heterocycles. The van der Waals surface area contributed by atoms with E-state index >= 15 is 0 Å². The minimum absolute atomic E-state index is 0.0811. The van der Waals surface area contributed by atoms with Crippen LogP contribution in [0.2, 0.25) is 10.0 Å². The van der Waals surface area contributed by atoms with Crippen LogP contribution in [0.25, 0.3) is 0 Å². The number of guanidine groups is 4. The zero-order chi connectivity index (χ0) is 23.3. The fourth-order valence-corrected chi connectivity index (χ4v) is 2.60. The van der Waals surface area contributed by atoms with Gasteiger partial charge >= 0.3 is 0 Å². The van der Waals surface area contributed by atoms with Crippen LogP contribution < -0.4 is 33.6 Å². The first-order chi connectivity index (χ1) is 15.3. The summed E-state index contributed by atoms with van der Waals surface area (Å²) in [5.41, 5.74) is 24.6. The Labute approximate surface area is 196 Å². The number of hydrogen-bond donors (Lipinski definition) is 6. The van der Waals surface area contributed by atoms with Crippen LogP contribution in [-0.2, 0) is 0 Å². The molecule has 0 atom stereocenters. The van der Waals surface area contributed by atoms with Gasteiger partial charge in [0.1, 0.15) is 0 Å². The summed E-state index contributed by atoms with van der Waals surface area (Å²) < 4.78 is 0. The molecule has 12 heteroatoms. The van der Waals surface area contributed by atoms with Crippen LogP contribution in [0, 0.1) is 0 Å². The number of nitrogens with two attached hydrogens (primary N) is 4. The fourth-order valence-electron chi connectivity index (χ4n) is 2.35. The highest BCUT2D eigenvalue weighted by atomic mass is 35.5. The molecule has 2 aromatic rings. The van der Waals surface area contributed by atoms with Crippen molar-refractivity contribution in [3.63, 3.8) is 0 Å². The van der Waals surface area contributed by atoms with E-state index in [0.29, 0.717) is 23.1 Å². The van der Waals surface area contributed by atoms with Crippen molar-refractivity contribution in [2.24, 2.45) is 42.9 Å². The lowest BCUT2D eigenvalue weighted by atomic mass is 10.3. The topological polar surface area (TPSA) is 178 Å². The molecule has 10 nitrogen and oxygen atoms in total. The zero-order valence-electron chi connectivity index (χ0n) is 17.3. The number of halogens is 2. The Kier molecular flexibility index (Phi) is 10.1. The molecule has 10 N–H and O–H groups in total. The molecular formula is C20H26Cl2N10. The predicted octanol–water partition coefficient (Wildman–Crippen LogP) is 2.56. The molecule has 0 aromatic heterocycles. The van der Waals surface area contributed by atoms with Crippen LogP contribution in [0.1, 0.15) is 12.8 Å². The predicted molar refractivity (Wildman–Crippen MR) is 136 cm³/mol. The summed E-state index contributed by atoms with van der Waals surface area (Å²) in [5, 5.41) is 7.05. The Balaban J connectivity index is 1.70. The average Bonchev–Trinajstić information content (AvgIpc) is 2.73. The van der Waals surface area contributed by atoms with E-state index in [-0.39, 0.29) is 23.8 Å². The lowest BCUT2D eigenvalue weighted by Crippen LogP contribution is -2.26. The van der Waals surface area contributed by atoms with E-state index < -0.39 is 0 Å². The van der Waals surface area contributed by atoms with Crippen molar-refractivity contribution < 1.29 is 0 Å². The van der Waals surface area contributed by atoms with E-state index in [9.17, 15) is 0 Å². The van der Waals surface area contributed by atoms with Crippen LogP contribution in [0.5, 0.6) is 0 Å². The van der Waals surface area contributed by atoms with Gasteiger partial charge in [-0.3, -0.25) is 9.98 Å². The third-order valence-electron chi connectivity index (χ3n) is 3.82. The van der Waals surface area contributed by atoms with Crippen LogP contribution in [0.4, 0.5) is 11.4 Å². The lowest BCUT2D eigenvalue weighted by Gasteiger charge is -2.05. The number of rotatable bonds is 7. The van der Waals surface area contributed by atoms with E-state index in [1.54, 1.807) is 48.5 Å². The molecule has 0 spiro atoms. The largest absolute Gasteiger partial charge is 0.369 e. The molecule has 0 heterocycles. The minimum Gasteiger partial charge on any atom is -0.369 e. The van der Waals surface area contributed by atoms with E-state index in [1.165, 1.54) is 0 Å². The summed E-state index contributed by atoms with van der Waals surface area (Å²) in [6.45, 7) is 0.949. The van der Waals surface area contributed by atoms with Crippen molar-refractivity contribution in [2.75, 3.05) is 23.7 Å². The second-order valence-electron chi connectivity index (χ2n) is 6.44. The molecule has 0 amide bonds. The first kappa shape index (κ1) is 24.8. The quantitative estimate of drug-likeness (QED) is 0.203. The molecule has 0 saturated carbocycles.